The summed E-state index contributed by atoms with van der Waals surface area (Å²) in [4.78, 5) is 22.5. The third-order valence-corrected chi connectivity index (χ3v) is 7.93. The van der Waals surface area contributed by atoms with E-state index in [0.717, 1.165) is 54.5 Å². The van der Waals surface area contributed by atoms with Crippen molar-refractivity contribution in [3.63, 3.8) is 0 Å². The van der Waals surface area contributed by atoms with Gasteiger partial charge in [0, 0.05) is 49.3 Å². The Morgan fingerprint density at radius 3 is 2.10 bits per heavy atom. The zero-order valence-corrected chi connectivity index (χ0v) is 23.4. The van der Waals surface area contributed by atoms with Gasteiger partial charge in [-0.25, -0.2) is 0 Å². The molecule has 1 amide bonds. The lowest BCUT2D eigenvalue weighted by Crippen LogP contribution is -2.36. The summed E-state index contributed by atoms with van der Waals surface area (Å²) >= 11 is 0. The molecule has 0 atom stereocenters. The van der Waals surface area contributed by atoms with Crippen LogP contribution in [0.1, 0.15) is 50.2 Å². The van der Waals surface area contributed by atoms with E-state index in [1.54, 1.807) is 0 Å². The molecular weight excluding hydrogens is 478 g/mol. The number of nitrogens with zero attached hydrogens (tertiary/aromatic N) is 3. The Bertz CT molecular complexity index is 1390. The van der Waals surface area contributed by atoms with Crippen LogP contribution in [0.3, 0.4) is 0 Å². The Balaban J connectivity index is 1.43. The van der Waals surface area contributed by atoms with Crippen molar-refractivity contribution in [2.45, 2.75) is 52.0 Å². The van der Waals surface area contributed by atoms with Crippen molar-refractivity contribution in [1.29, 1.82) is 0 Å². The standard InChI is InChI=1S/C35H39N3O/c1-4-26-21-32(24-36-23-26)31-11-8-12-34(22-31)38(35(39)30-9-6-5-7-10-30)25-27-13-15-28(16-14-27)29-17-19-33(20-18-29)37(2)3/h8,11-24,30H,4-7,9-10,25H2,1-3H3. The molecule has 1 aromatic heterocycles. The van der Waals surface area contributed by atoms with Crippen LogP contribution in [0.4, 0.5) is 11.4 Å². The summed E-state index contributed by atoms with van der Waals surface area (Å²) in [7, 11) is 4.11. The molecule has 0 bridgehead atoms. The van der Waals surface area contributed by atoms with E-state index in [1.165, 1.54) is 28.8 Å². The van der Waals surface area contributed by atoms with Crippen molar-refractivity contribution in [3.8, 4) is 22.3 Å². The fourth-order valence-electron chi connectivity index (χ4n) is 5.50. The van der Waals surface area contributed by atoms with Crippen molar-refractivity contribution in [2.75, 3.05) is 23.9 Å². The Morgan fingerprint density at radius 1 is 0.744 bits per heavy atom. The highest BCUT2D eigenvalue weighted by Gasteiger charge is 2.27. The molecule has 4 nitrogen and oxygen atoms in total. The zero-order valence-electron chi connectivity index (χ0n) is 23.4. The molecule has 1 heterocycles. The van der Waals surface area contributed by atoms with Gasteiger partial charge in [0.25, 0.3) is 0 Å². The van der Waals surface area contributed by atoms with E-state index in [1.807, 2.05) is 17.3 Å². The maximum atomic E-state index is 13.9. The summed E-state index contributed by atoms with van der Waals surface area (Å²) in [6.07, 6.45) is 10.3. The molecular formula is C35H39N3O. The second-order valence-electron chi connectivity index (χ2n) is 10.9. The van der Waals surface area contributed by atoms with Crippen molar-refractivity contribution < 1.29 is 4.79 Å². The van der Waals surface area contributed by atoms with Crippen molar-refractivity contribution >= 4 is 17.3 Å². The van der Waals surface area contributed by atoms with Crippen LogP contribution in [0, 0.1) is 5.92 Å². The van der Waals surface area contributed by atoms with Crippen LogP contribution in [0.5, 0.6) is 0 Å². The van der Waals surface area contributed by atoms with E-state index in [2.05, 4.69) is 110 Å². The second-order valence-corrected chi connectivity index (χ2v) is 10.9. The molecule has 0 radical (unpaired) electrons. The normalized spacial score (nSPS) is 13.7. The maximum absolute atomic E-state index is 13.9. The van der Waals surface area contributed by atoms with Gasteiger partial charge < -0.3 is 9.80 Å². The summed E-state index contributed by atoms with van der Waals surface area (Å²) < 4.78 is 0. The predicted octanol–water partition coefficient (Wildman–Crippen LogP) is 8.16. The van der Waals surface area contributed by atoms with Crippen LogP contribution in [0.15, 0.2) is 91.3 Å². The van der Waals surface area contributed by atoms with Gasteiger partial charge in [-0.3, -0.25) is 9.78 Å². The Morgan fingerprint density at radius 2 is 1.44 bits per heavy atom. The Kier molecular flexibility index (Phi) is 8.41. The van der Waals surface area contributed by atoms with Crippen LogP contribution in [0.2, 0.25) is 0 Å². The first-order chi connectivity index (χ1) is 19.0. The van der Waals surface area contributed by atoms with Gasteiger partial charge in [-0.15, -0.1) is 0 Å². The molecule has 0 saturated heterocycles. The van der Waals surface area contributed by atoms with Gasteiger partial charge in [-0.2, -0.15) is 0 Å². The number of hydrogen-bond acceptors (Lipinski definition) is 3. The fourth-order valence-corrected chi connectivity index (χ4v) is 5.50. The first-order valence-corrected chi connectivity index (χ1v) is 14.2. The Labute approximate surface area is 233 Å². The molecule has 200 valence electrons. The highest BCUT2D eigenvalue weighted by atomic mass is 16.2. The number of benzene rings is 3. The van der Waals surface area contributed by atoms with Crippen molar-refractivity contribution in [1.82, 2.24) is 4.98 Å². The number of aryl methyl sites for hydroxylation is 1. The molecule has 0 aliphatic heterocycles. The predicted molar refractivity (Wildman–Crippen MR) is 163 cm³/mol. The number of anilines is 2. The van der Waals surface area contributed by atoms with Crippen LogP contribution >= 0.6 is 0 Å². The lowest BCUT2D eigenvalue weighted by Gasteiger charge is -2.30. The van der Waals surface area contributed by atoms with Crippen molar-refractivity contribution in [3.05, 3.63) is 102 Å². The van der Waals surface area contributed by atoms with Gasteiger partial charge in [0.1, 0.15) is 0 Å². The summed E-state index contributed by atoms with van der Waals surface area (Å²) in [5.41, 5.74) is 9.04. The minimum Gasteiger partial charge on any atom is -0.378 e. The number of hydrogen-bond donors (Lipinski definition) is 0. The van der Waals surface area contributed by atoms with Crippen LogP contribution < -0.4 is 9.80 Å². The minimum atomic E-state index is 0.0991. The molecule has 4 heteroatoms. The molecule has 0 unspecified atom stereocenters. The summed E-state index contributed by atoms with van der Waals surface area (Å²) in [5.74, 6) is 0.345. The summed E-state index contributed by atoms with van der Waals surface area (Å²) in [6.45, 7) is 2.71. The van der Waals surface area contributed by atoms with E-state index < -0.39 is 0 Å². The quantitative estimate of drug-likeness (QED) is 0.237. The fraction of sp³-hybridized carbons (Fsp3) is 0.314. The molecule has 4 aromatic rings. The van der Waals surface area contributed by atoms with Crippen LogP contribution in [0.25, 0.3) is 22.3 Å². The van der Waals surface area contributed by atoms with Crippen LogP contribution in [-0.2, 0) is 17.8 Å². The smallest absolute Gasteiger partial charge is 0.230 e. The molecule has 5 rings (SSSR count). The van der Waals surface area contributed by atoms with Crippen LogP contribution in [-0.4, -0.2) is 25.0 Å². The van der Waals surface area contributed by atoms with E-state index in [9.17, 15) is 4.79 Å². The Hall–Kier alpha value is -3.92. The van der Waals surface area contributed by atoms with E-state index in [0.29, 0.717) is 6.54 Å². The lowest BCUT2D eigenvalue weighted by molar-refractivity contribution is -0.123. The van der Waals surface area contributed by atoms with Gasteiger partial charge in [0.15, 0.2) is 0 Å². The van der Waals surface area contributed by atoms with Crippen molar-refractivity contribution in [2.24, 2.45) is 5.92 Å². The van der Waals surface area contributed by atoms with E-state index in [4.69, 9.17) is 0 Å². The largest absolute Gasteiger partial charge is 0.378 e. The van der Waals surface area contributed by atoms with E-state index in [-0.39, 0.29) is 11.8 Å². The molecule has 1 aliphatic rings. The number of amides is 1. The number of carbonyl (C=O) groups is 1. The number of carbonyl (C=O) groups excluding carboxylic acids is 1. The lowest BCUT2D eigenvalue weighted by atomic mass is 9.88. The van der Waals surface area contributed by atoms with Gasteiger partial charge in [-0.1, -0.05) is 74.7 Å². The number of rotatable bonds is 8. The second kappa shape index (κ2) is 12.3. The molecule has 0 spiro atoms. The number of pyridine rings is 1. The highest BCUT2D eigenvalue weighted by Crippen LogP contribution is 2.32. The maximum Gasteiger partial charge on any atom is 0.230 e. The molecule has 1 fully saturated rings. The average Bonchev–Trinajstić information content (AvgIpc) is 3.00. The molecule has 0 N–H and O–H groups in total. The monoisotopic (exact) mass is 517 g/mol. The third-order valence-electron chi connectivity index (χ3n) is 7.93. The SMILES string of the molecule is CCc1cncc(-c2cccc(N(Cc3ccc(-c4ccc(N(C)C)cc4)cc3)C(=O)C3CCCCC3)c2)c1. The summed E-state index contributed by atoms with van der Waals surface area (Å²) in [6, 6.07) is 27.9. The third kappa shape index (κ3) is 6.39. The summed E-state index contributed by atoms with van der Waals surface area (Å²) in [5, 5.41) is 0. The van der Waals surface area contributed by atoms with Gasteiger partial charge in [0.05, 0.1) is 6.54 Å². The van der Waals surface area contributed by atoms with E-state index >= 15 is 0 Å². The molecule has 1 saturated carbocycles. The zero-order chi connectivity index (χ0) is 27.2. The van der Waals surface area contributed by atoms with Gasteiger partial charge in [0.2, 0.25) is 5.91 Å². The average molecular weight is 518 g/mol. The number of aromatic nitrogens is 1. The molecule has 39 heavy (non-hydrogen) atoms. The van der Waals surface area contributed by atoms with Gasteiger partial charge in [-0.05, 0) is 77.4 Å². The van der Waals surface area contributed by atoms with Gasteiger partial charge >= 0.3 is 0 Å². The highest BCUT2D eigenvalue weighted by molar-refractivity contribution is 5.95. The minimum absolute atomic E-state index is 0.0991. The topological polar surface area (TPSA) is 36.4 Å². The first kappa shape index (κ1) is 26.7. The molecule has 1 aliphatic carbocycles. The molecule has 3 aromatic carbocycles. The first-order valence-electron chi connectivity index (χ1n) is 14.2.